The van der Waals surface area contributed by atoms with Crippen LogP contribution in [0.25, 0.3) is 16.9 Å². The highest BCUT2D eigenvalue weighted by Crippen LogP contribution is 2.22. The van der Waals surface area contributed by atoms with Crippen molar-refractivity contribution >= 4 is 45.4 Å². The molecule has 2 aromatic heterocycles. The zero-order chi connectivity index (χ0) is 13.4. The lowest BCUT2D eigenvalue weighted by Gasteiger charge is -2.07. The van der Waals surface area contributed by atoms with Gasteiger partial charge in [-0.25, -0.2) is 9.97 Å². The summed E-state index contributed by atoms with van der Waals surface area (Å²) in [4.78, 5) is 9.13. The molecule has 0 aliphatic rings. The molecule has 0 N–H and O–H groups in total. The van der Waals surface area contributed by atoms with Gasteiger partial charge in [0.1, 0.15) is 11.3 Å². The zero-order valence-electron chi connectivity index (χ0n) is 10.3. The number of imidazole rings is 1. The van der Waals surface area contributed by atoms with Gasteiger partial charge in [-0.1, -0.05) is 6.07 Å². The van der Waals surface area contributed by atoms with Crippen LogP contribution in [0.3, 0.4) is 0 Å². The summed E-state index contributed by atoms with van der Waals surface area (Å²) < 4.78 is 3.20. The lowest BCUT2D eigenvalue weighted by molar-refractivity contribution is 0.965. The third-order valence-electron chi connectivity index (χ3n) is 2.90. The molecule has 0 aliphatic carbocycles. The molecule has 0 spiro atoms. The van der Waals surface area contributed by atoms with Crippen LogP contribution in [0.2, 0.25) is 0 Å². The van der Waals surface area contributed by atoms with Crippen LogP contribution >= 0.6 is 34.2 Å². The average Bonchev–Trinajstić information content (AvgIpc) is 2.76. The van der Waals surface area contributed by atoms with E-state index in [2.05, 4.69) is 44.7 Å². The normalized spacial score (nSPS) is 11.1. The van der Waals surface area contributed by atoms with E-state index in [9.17, 15) is 0 Å². The first-order chi connectivity index (χ1) is 9.19. The van der Waals surface area contributed by atoms with E-state index in [0.29, 0.717) is 5.88 Å². The fourth-order valence-corrected chi connectivity index (χ4v) is 2.78. The zero-order valence-corrected chi connectivity index (χ0v) is 13.2. The number of rotatable bonds is 2. The maximum atomic E-state index is 6.02. The van der Waals surface area contributed by atoms with E-state index in [1.807, 2.05) is 35.8 Å². The lowest BCUT2D eigenvalue weighted by Crippen LogP contribution is -2.01. The molecule has 0 amide bonds. The van der Waals surface area contributed by atoms with Gasteiger partial charge in [0.25, 0.3) is 0 Å². The van der Waals surface area contributed by atoms with Crippen LogP contribution in [0, 0.1) is 10.5 Å². The Morgan fingerprint density at radius 2 is 2.05 bits per heavy atom. The molecule has 96 valence electrons. The molecule has 19 heavy (non-hydrogen) atoms. The summed E-state index contributed by atoms with van der Waals surface area (Å²) in [5.74, 6) is 1.18. The minimum absolute atomic E-state index is 0.362. The molecule has 5 heteroatoms. The summed E-state index contributed by atoms with van der Waals surface area (Å²) in [5.41, 5.74) is 3.75. The van der Waals surface area contributed by atoms with Crippen molar-refractivity contribution in [1.29, 1.82) is 0 Å². The summed E-state index contributed by atoms with van der Waals surface area (Å²) in [6, 6.07) is 12.2. The Bertz CT molecular complexity index is 752. The van der Waals surface area contributed by atoms with Gasteiger partial charge in [0.2, 0.25) is 0 Å². The molecule has 3 aromatic rings. The van der Waals surface area contributed by atoms with Crippen molar-refractivity contribution in [2.45, 2.75) is 12.8 Å². The van der Waals surface area contributed by atoms with E-state index in [4.69, 9.17) is 11.6 Å². The third kappa shape index (κ3) is 2.34. The number of hydrogen-bond donors (Lipinski definition) is 0. The Morgan fingerprint density at radius 1 is 1.21 bits per heavy atom. The van der Waals surface area contributed by atoms with Crippen LogP contribution in [0.1, 0.15) is 11.5 Å². The standard InChI is InChI=1S/C14H11ClIN3/c1-9-5-6-12-14(17-9)19(13(8-15)18-12)11-4-2-3-10(16)7-11/h2-7H,8H2,1H3. The molecule has 0 bridgehead atoms. The van der Waals surface area contributed by atoms with Crippen molar-refractivity contribution in [2.24, 2.45) is 0 Å². The molecule has 0 saturated heterocycles. The summed E-state index contributed by atoms with van der Waals surface area (Å²) in [6.07, 6.45) is 0. The number of aryl methyl sites for hydroxylation is 1. The van der Waals surface area contributed by atoms with Crippen molar-refractivity contribution in [1.82, 2.24) is 14.5 Å². The van der Waals surface area contributed by atoms with E-state index < -0.39 is 0 Å². The van der Waals surface area contributed by atoms with Gasteiger partial charge in [0.15, 0.2) is 5.65 Å². The maximum Gasteiger partial charge on any atom is 0.164 e. The summed E-state index contributed by atoms with van der Waals surface area (Å²) in [5, 5.41) is 0. The topological polar surface area (TPSA) is 30.7 Å². The SMILES string of the molecule is Cc1ccc2nc(CCl)n(-c3cccc(I)c3)c2n1. The van der Waals surface area contributed by atoms with Crippen LogP contribution in [0.5, 0.6) is 0 Å². The van der Waals surface area contributed by atoms with E-state index >= 15 is 0 Å². The Kier molecular flexibility index (Phi) is 3.45. The minimum atomic E-state index is 0.362. The van der Waals surface area contributed by atoms with E-state index in [1.54, 1.807) is 0 Å². The average molecular weight is 384 g/mol. The first-order valence-corrected chi connectivity index (χ1v) is 7.47. The molecule has 0 radical (unpaired) electrons. The predicted octanol–water partition coefficient (Wildman–Crippen LogP) is 4.07. The lowest BCUT2D eigenvalue weighted by atomic mass is 10.3. The molecule has 0 atom stereocenters. The van der Waals surface area contributed by atoms with Crippen molar-refractivity contribution in [3.05, 3.63) is 51.5 Å². The number of pyridine rings is 1. The van der Waals surface area contributed by atoms with Crippen LogP contribution in [0.15, 0.2) is 36.4 Å². The number of hydrogen-bond acceptors (Lipinski definition) is 2. The molecule has 3 rings (SSSR count). The van der Waals surface area contributed by atoms with Gasteiger partial charge >= 0.3 is 0 Å². The van der Waals surface area contributed by atoms with E-state index in [1.165, 1.54) is 3.57 Å². The Hall–Kier alpha value is -1.14. The molecule has 3 nitrogen and oxygen atoms in total. The maximum absolute atomic E-state index is 6.02. The van der Waals surface area contributed by atoms with Gasteiger partial charge in [-0.15, -0.1) is 11.6 Å². The number of aromatic nitrogens is 3. The molecular weight excluding hydrogens is 373 g/mol. The number of nitrogens with zero attached hydrogens (tertiary/aromatic N) is 3. The quantitative estimate of drug-likeness (QED) is 0.493. The van der Waals surface area contributed by atoms with Gasteiger partial charge < -0.3 is 0 Å². The summed E-state index contributed by atoms with van der Waals surface area (Å²) in [6.45, 7) is 1.98. The third-order valence-corrected chi connectivity index (χ3v) is 3.81. The second-order valence-corrected chi connectivity index (χ2v) is 5.79. The van der Waals surface area contributed by atoms with Gasteiger partial charge in [-0.05, 0) is 59.8 Å². The van der Waals surface area contributed by atoms with Crippen LogP contribution in [-0.4, -0.2) is 14.5 Å². The number of halogens is 2. The second kappa shape index (κ2) is 5.09. The minimum Gasteiger partial charge on any atom is -0.280 e. The fourth-order valence-electron chi connectivity index (χ4n) is 2.07. The monoisotopic (exact) mass is 383 g/mol. The molecule has 0 unspecified atom stereocenters. The van der Waals surface area contributed by atoms with E-state index in [-0.39, 0.29) is 0 Å². The Balaban J connectivity index is 2.34. The molecule has 0 aliphatic heterocycles. The largest absolute Gasteiger partial charge is 0.280 e. The molecule has 1 aromatic carbocycles. The highest BCUT2D eigenvalue weighted by Gasteiger charge is 2.13. The molecule has 0 saturated carbocycles. The van der Waals surface area contributed by atoms with Gasteiger partial charge in [0.05, 0.1) is 5.88 Å². The van der Waals surface area contributed by atoms with Gasteiger partial charge in [-0.3, -0.25) is 4.57 Å². The first-order valence-electron chi connectivity index (χ1n) is 5.86. The molecule has 0 fully saturated rings. The second-order valence-electron chi connectivity index (χ2n) is 4.27. The predicted molar refractivity (Wildman–Crippen MR) is 85.9 cm³/mol. The highest BCUT2D eigenvalue weighted by molar-refractivity contribution is 14.1. The highest BCUT2D eigenvalue weighted by atomic mass is 127. The van der Waals surface area contributed by atoms with Crippen molar-refractivity contribution in [3.63, 3.8) is 0 Å². The number of benzene rings is 1. The summed E-state index contributed by atoms with van der Waals surface area (Å²) >= 11 is 8.32. The molecular formula is C14H11ClIN3. The van der Waals surface area contributed by atoms with E-state index in [0.717, 1.165) is 28.4 Å². The van der Waals surface area contributed by atoms with Crippen molar-refractivity contribution in [3.8, 4) is 5.69 Å². The smallest absolute Gasteiger partial charge is 0.164 e. The number of fused-ring (bicyclic) bond motifs is 1. The van der Waals surface area contributed by atoms with Gasteiger partial charge in [0, 0.05) is 15.0 Å². The Labute approximate surface area is 129 Å². The van der Waals surface area contributed by atoms with Crippen LogP contribution in [-0.2, 0) is 5.88 Å². The molecule has 2 heterocycles. The first kappa shape index (κ1) is 12.9. The van der Waals surface area contributed by atoms with Crippen LogP contribution < -0.4 is 0 Å². The van der Waals surface area contributed by atoms with Crippen LogP contribution in [0.4, 0.5) is 0 Å². The number of alkyl halides is 1. The van der Waals surface area contributed by atoms with Gasteiger partial charge in [-0.2, -0.15) is 0 Å². The summed E-state index contributed by atoms with van der Waals surface area (Å²) in [7, 11) is 0. The fraction of sp³-hybridized carbons (Fsp3) is 0.143. The Morgan fingerprint density at radius 3 is 2.79 bits per heavy atom. The van der Waals surface area contributed by atoms with Crippen molar-refractivity contribution < 1.29 is 0 Å². The van der Waals surface area contributed by atoms with Crippen molar-refractivity contribution in [2.75, 3.05) is 0 Å².